The van der Waals surface area contributed by atoms with Crippen molar-refractivity contribution in [2.45, 2.75) is 43.7 Å². The number of esters is 1. The Hall–Kier alpha value is -1.65. The Kier molecular flexibility index (Phi) is 4.32. The smallest absolute Gasteiger partial charge is 0.343 e. The van der Waals surface area contributed by atoms with E-state index in [0.717, 1.165) is 37.7 Å². The van der Waals surface area contributed by atoms with Gasteiger partial charge in [0.15, 0.2) is 5.60 Å². The molecule has 3 rings (SSSR count). The number of aliphatic hydroxyl groups is 1. The maximum Gasteiger partial charge on any atom is 0.343 e. The van der Waals surface area contributed by atoms with Crippen LogP contribution >= 0.6 is 0 Å². The van der Waals surface area contributed by atoms with Gasteiger partial charge in [-0.25, -0.2) is 4.79 Å². The van der Waals surface area contributed by atoms with Gasteiger partial charge in [0.1, 0.15) is 6.61 Å². The van der Waals surface area contributed by atoms with Gasteiger partial charge in [0, 0.05) is 12.0 Å². The molecule has 3 N–H and O–H groups in total. The molecule has 1 aromatic carbocycles. The van der Waals surface area contributed by atoms with Crippen LogP contribution in [0.1, 0.15) is 37.7 Å². The summed E-state index contributed by atoms with van der Waals surface area (Å²) in [6, 6.07) is 9.34. The van der Waals surface area contributed by atoms with E-state index < -0.39 is 11.6 Å². The Morgan fingerprint density at radius 1 is 1.27 bits per heavy atom. The van der Waals surface area contributed by atoms with Crippen molar-refractivity contribution < 1.29 is 14.6 Å². The first kappa shape index (κ1) is 15.3. The third-order valence-electron chi connectivity index (χ3n) is 4.63. The van der Waals surface area contributed by atoms with Gasteiger partial charge in [-0.2, -0.15) is 0 Å². The fourth-order valence-electron chi connectivity index (χ4n) is 3.02. The van der Waals surface area contributed by atoms with Gasteiger partial charge in [-0.3, -0.25) is 0 Å². The van der Waals surface area contributed by atoms with Gasteiger partial charge in [-0.05, 0) is 43.2 Å². The van der Waals surface area contributed by atoms with Crippen LogP contribution in [-0.4, -0.2) is 23.7 Å². The zero-order valence-corrected chi connectivity index (χ0v) is 12.7. The molecule has 4 heteroatoms. The average Bonchev–Trinajstić information content (AvgIpc) is 3.39. The molecule has 0 aliphatic heterocycles. The molecular weight excluding hydrogens is 278 g/mol. The minimum atomic E-state index is -1.51. The second-order valence-electron chi connectivity index (χ2n) is 6.38. The highest BCUT2D eigenvalue weighted by molar-refractivity contribution is 5.82. The molecule has 1 fully saturated rings. The maximum absolute atomic E-state index is 12.5. The number of carbonyl (C=O) groups is 1. The van der Waals surface area contributed by atoms with Crippen molar-refractivity contribution in [3.63, 3.8) is 0 Å². The second-order valence-corrected chi connectivity index (χ2v) is 6.38. The minimum Gasteiger partial charge on any atom is -0.459 e. The van der Waals surface area contributed by atoms with Crippen molar-refractivity contribution in [2.24, 2.45) is 11.7 Å². The summed E-state index contributed by atoms with van der Waals surface area (Å²) in [6.45, 7) is 0.257. The Bertz CT molecular complexity index is 565. The monoisotopic (exact) mass is 301 g/mol. The Morgan fingerprint density at radius 2 is 2.00 bits per heavy atom. The molecule has 1 saturated carbocycles. The minimum absolute atomic E-state index is 0.0313. The predicted octanol–water partition coefficient (Wildman–Crippen LogP) is 2.26. The molecule has 0 saturated heterocycles. The van der Waals surface area contributed by atoms with Crippen molar-refractivity contribution in [1.29, 1.82) is 0 Å². The summed E-state index contributed by atoms with van der Waals surface area (Å²) < 4.78 is 5.44. The lowest BCUT2D eigenvalue weighted by Crippen LogP contribution is -2.40. The largest absolute Gasteiger partial charge is 0.459 e. The molecule has 2 aliphatic rings. The van der Waals surface area contributed by atoms with Crippen molar-refractivity contribution in [3.8, 4) is 0 Å². The molecule has 2 atom stereocenters. The van der Waals surface area contributed by atoms with Gasteiger partial charge in [0.25, 0.3) is 0 Å². The summed E-state index contributed by atoms with van der Waals surface area (Å²) in [5.41, 5.74) is 6.07. The molecule has 22 heavy (non-hydrogen) atoms. The van der Waals surface area contributed by atoms with Gasteiger partial charge in [0.05, 0.1) is 0 Å². The summed E-state index contributed by atoms with van der Waals surface area (Å²) in [4.78, 5) is 12.5. The van der Waals surface area contributed by atoms with Gasteiger partial charge in [0.2, 0.25) is 0 Å². The second kappa shape index (κ2) is 6.23. The molecule has 1 aromatic rings. The highest BCUT2D eigenvalue weighted by atomic mass is 16.5. The molecule has 118 valence electrons. The third-order valence-corrected chi connectivity index (χ3v) is 4.63. The van der Waals surface area contributed by atoms with Crippen LogP contribution in [0.2, 0.25) is 0 Å². The molecule has 0 aromatic heterocycles. The van der Waals surface area contributed by atoms with E-state index in [1.165, 1.54) is 0 Å². The van der Waals surface area contributed by atoms with Crippen LogP contribution in [0.25, 0.3) is 0 Å². The lowest BCUT2D eigenvalue weighted by Gasteiger charge is -2.27. The van der Waals surface area contributed by atoms with Gasteiger partial charge in [-0.1, -0.05) is 36.4 Å². The third kappa shape index (κ3) is 3.08. The van der Waals surface area contributed by atoms with E-state index >= 15 is 0 Å². The van der Waals surface area contributed by atoms with E-state index in [9.17, 15) is 9.90 Å². The molecule has 0 amide bonds. The molecule has 4 nitrogen and oxygen atoms in total. The highest BCUT2D eigenvalue weighted by Gasteiger charge is 2.52. The van der Waals surface area contributed by atoms with Crippen molar-refractivity contribution >= 4 is 5.97 Å². The summed E-state index contributed by atoms with van der Waals surface area (Å²) in [5, 5.41) is 10.9. The van der Waals surface area contributed by atoms with Crippen LogP contribution < -0.4 is 5.73 Å². The Morgan fingerprint density at radius 3 is 2.59 bits per heavy atom. The van der Waals surface area contributed by atoms with E-state index in [2.05, 4.69) is 6.08 Å². The molecule has 0 spiro atoms. The average molecular weight is 301 g/mol. The van der Waals surface area contributed by atoms with Crippen LogP contribution in [0.5, 0.6) is 0 Å². The molecule has 0 bridgehead atoms. The Balaban J connectivity index is 1.69. The predicted molar refractivity (Wildman–Crippen MR) is 83.9 cm³/mol. The number of hydrogen-bond donors (Lipinski definition) is 2. The van der Waals surface area contributed by atoms with Crippen LogP contribution in [0.15, 0.2) is 42.0 Å². The SMILES string of the molecule is N[C@@H]1CC=C(COC(=O)[C@@](O)(c2ccccc2)C2CC2)CC1. The quantitative estimate of drug-likeness (QED) is 0.646. The Labute approximate surface area is 131 Å². The van der Waals surface area contributed by atoms with E-state index in [1.807, 2.05) is 18.2 Å². The molecule has 2 aliphatic carbocycles. The normalized spacial score (nSPS) is 24.3. The van der Waals surface area contributed by atoms with E-state index in [-0.39, 0.29) is 18.6 Å². The van der Waals surface area contributed by atoms with E-state index in [1.54, 1.807) is 12.1 Å². The molecule has 0 heterocycles. The van der Waals surface area contributed by atoms with Crippen LogP contribution in [0.3, 0.4) is 0 Å². The lowest BCUT2D eigenvalue weighted by molar-refractivity contribution is -0.168. The number of nitrogens with two attached hydrogens (primary N) is 1. The summed E-state index contributed by atoms with van der Waals surface area (Å²) in [5.74, 6) is -0.562. The fourth-order valence-corrected chi connectivity index (χ4v) is 3.02. The summed E-state index contributed by atoms with van der Waals surface area (Å²) in [6.07, 6.45) is 6.39. The maximum atomic E-state index is 12.5. The first-order chi connectivity index (χ1) is 10.6. The van der Waals surface area contributed by atoms with Gasteiger partial charge < -0.3 is 15.6 Å². The lowest BCUT2D eigenvalue weighted by atomic mass is 9.89. The first-order valence-electron chi connectivity index (χ1n) is 7.99. The number of hydrogen-bond acceptors (Lipinski definition) is 4. The van der Waals surface area contributed by atoms with E-state index in [0.29, 0.717) is 5.56 Å². The molecular formula is C18H23NO3. The fraction of sp³-hybridized carbons (Fsp3) is 0.500. The number of benzene rings is 1. The zero-order chi connectivity index (χ0) is 15.6. The van der Waals surface area contributed by atoms with Gasteiger partial charge >= 0.3 is 5.97 Å². The topological polar surface area (TPSA) is 72.5 Å². The standard InChI is InChI=1S/C18H23NO3/c19-16-10-6-13(7-11-16)12-22-17(20)18(21,15-8-9-15)14-4-2-1-3-5-14/h1-6,15-16,21H,7-12,19H2/t16-,18-/m1/s1. The number of carbonyl (C=O) groups excluding carboxylic acids is 1. The van der Waals surface area contributed by atoms with Crippen LogP contribution in [-0.2, 0) is 15.1 Å². The molecule has 0 radical (unpaired) electrons. The number of rotatable bonds is 5. The molecule has 0 unspecified atom stereocenters. The summed E-state index contributed by atoms with van der Waals surface area (Å²) >= 11 is 0. The van der Waals surface area contributed by atoms with Crippen LogP contribution in [0.4, 0.5) is 0 Å². The summed E-state index contributed by atoms with van der Waals surface area (Å²) in [7, 11) is 0. The van der Waals surface area contributed by atoms with Crippen LogP contribution in [0, 0.1) is 5.92 Å². The first-order valence-corrected chi connectivity index (χ1v) is 7.99. The van der Waals surface area contributed by atoms with Crippen molar-refractivity contribution in [1.82, 2.24) is 0 Å². The zero-order valence-electron chi connectivity index (χ0n) is 12.7. The van der Waals surface area contributed by atoms with Crippen molar-refractivity contribution in [2.75, 3.05) is 6.61 Å². The van der Waals surface area contributed by atoms with Gasteiger partial charge in [-0.15, -0.1) is 0 Å². The van der Waals surface area contributed by atoms with E-state index in [4.69, 9.17) is 10.5 Å². The number of ether oxygens (including phenoxy) is 1. The highest BCUT2D eigenvalue weighted by Crippen LogP contribution is 2.46. The van der Waals surface area contributed by atoms with Crippen molar-refractivity contribution in [3.05, 3.63) is 47.5 Å².